The molecule has 0 saturated carbocycles. The number of aliphatic hydroxyl groups is 1. The van der Waals surface area contributed by atoms with Crippen molar-refractivity contribution in [3.63, 3.8) is 0 Å². The fraction of sp³-hybridized carbons (Fsp3) is 0.381. The lowest BCUT2D eigenvalue weighted by molar-refractivity contribution is -0.141. The molecule has 2 aromatic rings. The van der Waals surface area contributed by atoms with Crippen molar-refractivity contribution in [3.8, 4) is 17.2 Å². The van der Waals surface area contributed by atoms with E-state index in [1.54, 1.807) is 47.3 Å². The van der Waals surface area contributed by atoms with E-state index in [0.717, 1.165) is 11.1 Å². The van der Waals surface area contributed by atoms with E-state index in [4.69, 9.17) is 5.26 Å². The van der Waals surface area contributed by atoms with Gasteiger partial charge in [-0.2, -0.15) is 5.26 Å². The molecule has 28 heavy (non-hydrogen) atoms. The number of aromatic nitrogens is 1. The zero-order valence-electron chi connectivity index (χ0n) is 16.2. The number of hydrogen-bond donors (Lipinski definition) is 3. The minimum absolute atomic E-state index is 0.239. The Balaban J connectivity index is 2.28. The topological polar surface area (TPSA) is 115 Å². The lowest BCUT2D eigenvalue weighted by atomic mass is 9.87. The number of carbonyl (C=O) groups excluding carboxylic acids is 1. The SMILES string of the molecule is CC(C)(C)C(CO)NC(=O)[C@@H](CC(=O)O)n1ccc(-c2ccc(C#N)cc2)c1. The molecule has 0 aliphatic carbocycles. The molecule has 1 unspecified atom stereocenters. The Hall–Kier alpha value is -3.11. The Morgan fingerprint density at radius 1 is 1.18 bits per heavy atom. The molecule has 7 heteroatoms. The number of carboxylic acid groups (broad SMARTS) is 1. The third-order valence-electron chi connectivity index (χ3n) is 4.64. The predicted octanol–water partition coefficient (Wildman–Crippen LogP) is 2.57. The first-order valence-corrected chi connectivity index (χ1v) is 8.96. The van der Waals surface area contributed by atoms with Crippen molar-refractivity contribution >= 4 is 11.9 Å². The first kappa shape index (κ1) is 21.2. The number of aliphatic carboxylic acids is 1. The first-order valence-electron chi connectivity index (χ1n) is 8.96. The highest BCUT2D eigenvalue weighted by Crippen LogP contribution is 2.25. The molecule has 2 atom stereocenters. The molecular formula is C21H25N3O4. The average molecular weight is 383 g/mol. The number of hydrogen-bond acceptors (Lipinski definition) is 4. The Kier molecular flexibility index (Phi) is 6.60. The molecule has 0 aliphatic rings. The third-order valence-corrected chi connectivity index (χ3v) is 4.64. The normalized spacial score (nSPS) is 13.4. The van der Waals surface area contributed by atoms with Crippen molar-refractivity contribution in [1.29, 1.82) is 5.26 Å². The number of rotatable bonds is 7. The van der Waals surface area contributed by atoms with Gasteiger partial charge in [0.15, 0.2) is 0 Å². The summed E-state index contributed by atoms with van der Waals surface area (Å²) in [7, 11) is 0. The molecule has 0 aliphatic heterocycles. The molecule has 0 bridgehead atoms. The average Bonchev–Trinajstić information content (AvgIpc) is 3.12. The summed E-state index contributed by atoms with van der Waals surface area (Å²) in [5.74, 6) is -1.55. The summed E-state index contributed by atoms with van der Waals surface area (Å²) >= 11 is 0. The van der Waals surface area contributed by atoms with Gasteiger partial charge < -0.3 is 20.1 Å². The molecule has 1 aromatic carbocycles. The van der Waals surface area contributed by atoms with Gasteiger partial charge in [-0.05, 0) is 34.7 Å². The maximum Gasteiger partial charge on any atom is 0.306 e. The van der Waals surface area contributed by atoms with Gasteiger partial charge in [0.2, 0.25) is 5.91 Å². The number of nitriles is 1. The number of nitrogens with one attached hydrogen (secondary N) is 1. The molecule has 1 amide bonds. The standard InChI is InChI=1S/C21H25N3O4/c1-21(2,3)18(13-25)23-20(28)17(10-19(26)27)24-9-8-16(12-24)15-6-4-14(11-22)5-7-15/h4-9,12,17-18,25H,10,13H2,1-3H3,(H,23,28)(H,26,27)/t17-,18?/m1/s1. The van der Waals surface area contributed by atoms with Crippen LogP contribution in [0.1, 0.15) is 38.8 Å². The molecule has 1 heterocycles. The van der Waals surface area contributed by atoms with E-state index in [0.29, 0.717) is 5.56 Å². The minimum Gasteiger partial charge on any atom is -0.481 e. The van der Waals surface area contributed by atoms with E-state index < -0.39 is 24.0 Å². The smallest absolute Gasteiger partial charge is 0.306 e. The van der Waals surface area contributed by atoms with Gasteiger partial charge in [-0.1, -0.05) is 32.9 Å². The molecule has 0 radical (unpaired) electrons. The zero-order valence-corrected chi connectivity index (χ0v) is 16.2. The van der Waals surface area contributed by atoms with Gasteiger partial charge in [-0.25, -0.2) is 0 Å². The van der Waals surface area contributed by atoms with Crippen LogP contribution in [0.2, 0.25) is 0 Å². The summed E-state index contributed by atoms with van der Waals surface area (Å²) in [5, 5.41) is 30.5. The van der Waals surface area contributed by atoms with Gasteiger partial charge in [-0.3, -0.25) is 9.59 Å². The minimum atomic E-state index is -1.09. The van der Waals surface area contributed by atoms with Crippen molar-refractivity contribution in [2.75, 3.05) is 6.61 Å². The number of amides is 1. The largest absolute Gasteiger partial charge is 0.481 e. The van der Waals surface area contributed by atoms with Crippen LogP contribution in [-0.2, 0) is 9.59 Å². The Morgan fingerprint density at radius 3 is 2.32 bits per heavy atom. The second kappa shape index (κ2) is 8.72. The molecule has 1 aromatic heterocycles. The van der Waals surface area contributed by atoms with Gasteiger partial charge >= 0.3 is 5.97 Å². The number of aliphatic hydroxyl groups excluding tert-OH is 1. The van der Waals surface area contributed by atoms with Crippen LogP contribution in [0.3, 0.4) is 0 Å². The molecule has 2 rings (SSSR count). The van der Waals surface area contributed by atoms with Crippen molar-refractivity contribution < 1.29 is 19.8 Å². The summed E-state index contributed by atoms with van der Waals surface area (Å²) in [6.07, 6.45) is 2.99. The monoisotopic (exact) mass is 383 g/mol. The maximum atomic E-state index is 12.8. The number of carboxylic acids is 1. The quantitative estimate of drug-likeness (QED) is 0.680. The van der Waals surface area contributed by atoms with Crippen LogP contribution in [0.15, 0.2) is 42.7 Å². The van der Waals surface area contributed by atoms with Crippen molar-refractivity contribution in [3.05, 3.63) is 48.3 Å². The van der Waals surface area contributed by atoms with E-state index in [2.05, 4.69) is 11.4 Å². The second-order valence-corrected chi connectivity index (χ2v) is 7.76. The van der Waals surface area contributed by atoms with Crippen LogP contribution >= 0.6 is 0 Å². The fourth-order valence-electron chi connectivity index (χ4n) is 2.82. The van der Waals surface area contributed by atoms with E-state index in [9.17, 15) is 19.8 Å². The van der Waals surface area contributed by atoms with Crippen LogP contribution in [0.5, 0.6) is 0 Å². The summed E-state index contributed by atoms with van der Waals surface area (Å²) < 4.78 is 1.56. The molecule has 0 saturated heterocycles. The lowest BCUT2D eigenvalue weighted by Crippen LogP contribution is -2.48. The zero-order chi connectivity index (χ0) is 20.9. The van der Waals surface area contributed by atoms with Gasteiger partial charge in [0.1, 0.15) is 6.04 Å². The number of carbonyl (C=O) groups is 2. The molecule has 148 valence electrons. The Morgan fingerprint density at radius 2 is 1.82 bits per heavy atom. The highest BCUT2D eigenvalue weighted by Gasteiger charge is 2.30. The number of benzene rings is 1. The van der Waals surface area contributed by atoms with E-state index in [1.807, 2.05) is 20.8 Å². The summed E-state index contributed by atoms with van der Waals surface area (Å²) in [5.41, 5.74) is 1.84. The van der Waals surface area contributed by atoms with Crippen LogP contribution in [-0.4, -0.2) is 39.3 Å². The van der Waals surface area contributed by atoms with E-state index in [-0.39, 0.29) is 18.4 Å². The molecule has 0 fully saturated rings. The lowest BCUT2D eigenvalue weighted by Gasteiger charge is -2.31. The molecular weight excluding hydrogens is 358 g/mol. The van der Waals surface area contributed by atoms with E-state index >= 15 is 0 Å². The fourth-order valence-corrected chi connectivity index (χ4v) is 2.82. The summed E-state index contributed by atoms with van der Waals surface area (Å²) in [4.78, 5) is 24.1. The Labute approximate surface area is 164 Å². The highest BCUT2D eigenvalue weighted by atomic mass is 16.4. The maximum absolute atomic E-state index is 12.8. The van der Waals surface area contributed by atoms with Crippen molar-refractivity contribution in [2.45, 2.75) is 39.3 Å². The van der Waals surface area contributed by atoms with Crippen molar-refractivity contribution in [2.24, 2.45) is 5.41 Å². The van der Waals surface area contributed by atoms with Crippen LogP contribution in [0, 0.1) is 16.7 Å². The van der Waals surface area contributed by atoms with E-state index in [1.165, 1.54) is 0 Å². The molecule has 3 N–H and O–H groups in total. The van der Waals surface area contributed by atoms with Gasteiger partial charge in [0, 0.05) is 12.4 Å². The number of nitrogens with zero attached hydrogens (tertiary/aromatic N) is 2. The molecule has 7 nitrogen and oxygen atoms in total. The predicted molar refractivity (Wildman–Crippen MR) is 104 cm³/mol. The summed E-state index contributed by atoms with van der Waals surface area (Å²) in [6, 6.07) is 9.40. The van der Waals surface area contributed by atoms with Gasteiger partial charge in [-0.15, -0.1) is 0 Å². The van der Waals surface area contributed by atoms with Crippen LogP contribution in [0.25, 0.3) is 11.1 Å². The van der Waals surface area contributed by atoms with Gasteiger partial charge in [0.05, 0.1) is 30.7 Å². The second-order valence-electron chi connectivity index (χ2n) is 7.76. The highest BCUT2D eigenvalue weighted by molar-refractivity contribution is 5.85. The third kappa shape index (κ3) is 5.21. The van der Waals surface area contributed by atoms with Gasteiger partial charge in [0.25, 0.3) is 0 Å². The molecule has 0 spiro atoms. The van der Waals surface area contributed by atoms with Crippen LogP contribution < -0.4 is 5.32 Å². The van der Waals surface area contributed by atoms with Crippen molar-refractivity contribution in [1.82, 2.24) is 9.88 Å². The summed E-state index contributed by atoms with van der Waals surface area (Å²) in [6.45, 7) is 5.42. The first-order chi connectivity index (χ1) is 13.2. The Bertz CT molecular complexity index is 872. The van der Waals surface area contributed by atoms with Crippen LogP contribution in [0.4, 0.5) is 0 Å².